The van der Waals surface area contributed by atoms with Crippen molar-refractivity contribution in [3.8, 4) is 0 Å². The second-order valence-electron chi connectivity index (χ2n) is 5.56. The molecule has 0 radical (unpaired) electrons. The number of hydrogen-bond acceptors (Lipinski definition) is 7. The van der Waals surface area contributed by atoms with E-state index in [1.54, 1.807) is 6.07 Å². The van der Waals surface area contributed by atoms with Gasteiger partial charge in [0.05, 0.1) is 7.11 Å². The average Bonchev–Trinajstić information content (AvgIpc) is 3.18. The Morgan fingerprint density at radius 3 is 3.08 bits per heavy atom. The summed E-state index contributed by atoms with van der Waals surface area (Å²) < 4.78 is 15.0. The van der Waals surface area contributed by atoms with Gasteiger partial charge in [0.1, 0.15) is 29.9 Å². The van der Waals surface area contributed by atoms with Gasteiger partial charge in [0, 0.05) is 11.3 Å². The number of carbonyl (C=O) groups excluding carboxylic acids is 1. The molecule has 0 amide bonds. The molecular weight excluding hydrogens is 354 g/mol. The Balaban J connectivity index is 1.72. The van der Waals surface area contributed by atoms with Crippen LogP contribution >= 0.6 is 11.3 Å². The lowest BCUT2D eigenvalue weighted by molar-refractivity contribution is 0.0606. The molecule has 2 aliphatic rings. The van der Waals surface area contributed by atoms with Crippen molar-refractivity contribution in [3.63, 3.8) is 0 Å². The number of oxime groups is 1. The number of allylic oxidation sites excluding steroid dienone is 4. The van der Waals surface area contributed by atoms with Crippen molar-refractivity contribution in [1.29, 1.82) is 0 Å². The maximum Gasteiger partial charge on any atom is 0.348 e. The molecule has 0 fully saturated rings. The standard InChI is InChI=1S/C19H19NO5S/c1-22-19(21)18-8-7-17(26-18)16(11-14-5-3-2-4-6-14)25-20-12-15-13-23-9-10-24-15/h2-3,5,7-10,12-13,16H,4,6,11H2,1H3. The maximum absolute atomic E-state index is 11.7. The first-order valence-corrected chi connectivity index (χ1v) is 8.97. The third-order valence-corrected chi connectivity index (χ3v) is 4.93. The number of esters is 1. The highest BCUT2D eigenvalue weighted by Crippen LogP contribution is 2.33. The Kier molecular flexibility index (Phi) is 6.27. The topological polar surface area (TPSA) is 66.4 Å². The van der Waals surface area contributed by atoms with Gasteiger partial charge < -0.3 is 19.0 Å². The van der Waals surface area contributed by atoms with Crippen LogP contribution in [-0.4, -0.2) is 19.3 Å². The summed E-state index contributed by atoms with van der Waals surface area (Å²) in [6, 6.07) is 3.62. The van der Waals surface area contributed by atoms with Gasteiger partial charge in [-0.3, -0.25) is 0 Å². The van der Waals surface area contributed by atoms with E-state index in [0.29, 0.717) is 17.1 Å². The molecule has 0 saturated heterocycles. The molecule has 1 aromatic heterocycles. The van der Waals surface area contributed by atoms with E-state index in [1.807, 2.05) is 6.07 Å². The minimum Gasteiger partial charge on any atom is -0.465 e. The molecule has 1 unspecified atom stereocenters. The van der Waals surface area contributed by atoms with Gasteiger partial charge in [-0.05, 0) is 25.0 Å². The minimum atomic E-state index is -0.354. The molecule has 136 valence electrons. The molecular formula is C19H19NO5S. The van der Waals surface area contributed by atoms with Crippen LogP contribution in [-0.2, 0) is 19.0 Å². The van der Waals surface area contributed by atoms with Gasteiger partial charge in [0.25, 0.3) is 0 Å². The highest BCUT2D eigenvalue weighted by Gasteiger charge is 2.20. The van der Waals surface area contributed by atoms with Crippen molar-refractivity contribution in [2.75, 3.05) is 7.11 Å². The monoisotopic (exact) mass is 373 g/mol. The fourth-order valence-electron chi connectivity index (χ4n) is 2.48. The SMILES string of the molecule is COC(=O)c1ccc(C(CC2=CC=CCC2)ON=CC2=COC=CO2)s1. The largest absolute Gasteiger partial charge is 0.465 e. The number of thiophene rings is 1. The van der Waals surface area contributed by atoms with Gasteiger partial charge in [-0.1, -0.05) is 29.0 Å². The smallest absolute Gasteiger partial charge is 0.348 e. The Morgan fingerprint density at radius 1 is 1.42 bits per heavy atom. The van der Waals surface area contributed by atoms with E-state index in [2.05, 4.69) is 23.4 Å². The van der Waals surface area contributed by atoms with E-state index >= 15 is 0 Å². The van der Waals surface area contributed by atoms with Crippen molar-refractivity contribution >= 4 is 23.5 Å². The van der Waals surface area contributed by atoms with Crippen LogP contribution in [0, 0.1) is 0 Å². The lowest BCUT2D eigenvalue weighted by atomic mass is 9.99. The predicted octanol–water partition coefficient (Wildman–Crippen LogP) is 4.60. The Bertz CT molecular complexity index is 788. The van der Waals surface area contributed by atoms with Gasteiger partial charge in [-0.25, -0.2) is 4.79 Å². The molecule has 0 spiro atoms. The van der Waals surface area contributed by atoms with Crippen molar-refractivity contribution in [2.45, 2.75) is 25.4 Å². The number of carbonyl (C=O) groups is 1. The molecule has 3 rings (SSSR count). The molecule has 1 atom stereocenters. The highest BCUT2D eigenvalue weighted by atomic mass is 32.1. The number of hydrogen-bond donors (Lipinski definition) is 0. The van der Waals surface area contributed by atoms with E-state index in [4.69, 9.17) is 19.0 Å². The van der Waals surface area contributed by atoms with E-state index in [-0.39, 0.29) is 12.1 Å². The van der Waals surface area contributed by atoms with Gasteiger partial charge in [-0.15, -0.1) is 11.3 Å². The van der Waals surface area contributed by atoms with Crippen LogP contribution in [0.25, 0.3) is 0 Å². The quantitative estimate of drug-likeness (QED) is 0.397. The van der Waals surface area contributed by atoms with Crippen molar-refractivity contribution in [1.82, 2.24) is 0 Å². The molecule has 0 bridgehead atoms. The summed E-state index contributed by atoms with van der Waals surface area (Å²) in [5.41, 5.74) is 1.28. The molecule has 26 heavy (non-hydrogen) atoms. The van der Waals surface area contributed by atoms with Crippen LogP contribution in [0.5, 0.6) is 0 Å². The van der Waals surface area contributed by atoms with Gasteiger partial charge in [0.2, 0.25) is 0 Å². The molecule has 0 aromatic carbocycles. The fraction of sp³-hybridized carbons (Fsp3) is 0.263. The summed E-state index contributed by atoms with van der Waals surface area (Å²) in [5, 5.41) is 4.02. The summed E-state index contributed by atoms with van der Waals surface area (Å²) in [7, 11) is 1.37. The maximum atomic E-state index is 11.7. The first-order chi connectivity index (χ1) is 12.8. The lowest BCUT2D eigenvalue weighted by Crippen LogP contribution is -2.03. The summed E-state index contributed by atoms with van der Waals surface area (Å²) >= 11 is 1.35. The van der Waals surface area contributed by atoms with Crippen LogP contribution in [0.15, 0.2) is 65.6 Å². The summed E-state index contributed by atoms with van der Waals surface area (Å²) in [6.07, 6.45) is 14.4. The Labute approximate surface area is 155 Å². The number of rotatable bonds is 7. The molecule has 0 N–H and O–H groups in total. The third-order valence-electron chi connectivity index (χ3n) is 3.77. The Hall–Kier alpha value is -2.80. The molecule has 6 nitrogen and oxygen atoms in total. The Morgan fingerprint density at radius 2 is 2.35 bits per heavy atom. The summed E-state index contributed by atoms with van der Waals surface area (Å²) in [5.74, 6) is 0.0838. The molecule has 2 heterocycles. The second-order valence-corrected chi connectivity index (χ2v) is 6.68. The van der Waals surface area contributed by atoms with Crippen molar-refractivity contribution in [2.24, 2.45) is 5.16 Å². The van der Waals surface area contributed by atoms with Crippen LogP contribution in [0.3, 0.4) is 0 Å². The van der Waals surface area contributed by atoms with E-state index in [1.165, 1.54) is 49.0 Å². The summed E-state index contributed by atoms with van der Waals surface area (Å²) in [4.78, 5) is 18.9. The number of methoxy groups -OCH3 is 1. The van der Waals surface area contributed by atoms with E-state index in [9.17, 15) is 4.79 Å². The number of nitrogens with zero attached hydrogens (tertiary/aromatic N) is 1. The number of ether oxygens (including phenoxy) is 3. The van der Waals surface area contributed by atoms with Crippen LogP contribution in [0.4, 0.5) is 0 Å². The van der Waals surface area contributed by atoms with E-state index in [0.717, 1.165) is 17.7 Å². The zero-order valence-corrected chi connectivity index (χ0v) is 15.1. The molecule has 1 aliphatic heterocycles. The second kappa shape index (κ2) is 9.05. The molecule has 1 aliphatic carbocycles. The third kappa shape index (κ3) is 4.86. The van der Waals surface area contributed by atoms with Gasteiger partial charge in [-0.2, -0.15) is 0 Å². The first kappa shape index (κ1) is 18.0. The predicted molar refractivity (Wildman–Crippen MR) is 98.4 cm³/mol. The minimum absolute atomic E-state index is 0.298. The lowest BCUT2D eigenvalue weighted by Gasteiger charge is -2.17. The first-order valence-electron chi connectivity index (χ1n) is 8.15. The highest BCUT2D eigenvalue weighted by molar-refractivity contribution is 7.14. The van der Waals surface area contributed by atoms with Gasteiger partial charge in [0.15, 0.2) is 11.9 Å². The summed E-state index contributed by atoms with van der Waals surface area (Å²) in [6.45, 7) is 0. The molecule has 7 heteroatoms. The van der Waals surface area contributed by atoms with Crippen molar-refractivity contribution in [3.05, 3.63) is 70.2 Å². The molecule has 1 aromatic rings. The molecule has 0 saturated carbocycles. The van der Waals surface area contributed by atoms with Crippen LogP contribution < -0.4 is 0 Å². The van der Waals surface area contributed by atoms with Crippen LogP contribution in [0.1, 0.15) is 39.9 Å². The average molecular weight is 373 g/mol. The van der Waals surface area contributed by atoms with Crippen LogP contribution in [0.2, 0.25) is 0 Å². The zero-order valence-electron chi connectivity index (χ0n) is 14.3. The zero-order chi connectivity index (χ0) is 18.2. The fourth-order valence-corrected chi connectivity index (χ4v) is 3.43. The normalized spacial score (nSPS) is 17.1. The van der Waals surface area contributed by atoms with E-state index < -0.39 is 0 Å². The van der Waals surface area contributed by atoms with Gasteiger partial charge >= 0.3 is 5.97 Å². The van der Waals surface area contributed by atoms with Crippen molar-refractivity contribution < 1.29 is 23.8 Å².